The number of anilines is 1. The summed E-state index contributed by atoms with van der Waals surface area (Å²) < 4.78 is 9.80. The molecular formula is C17H16N2O4. The molecule has 0 N–H and O–H groups in total. The summed E-state index contributed by atoms with van der Waals surface area (Å²) in [5.41, 5.74) is 1.45. The maximum absolute atomic E-state index is 12.0. The topological polar surface area (TPSA) is 68.7 Å². The summed E-state index contributed by atoms with van der Waals surface area (Å²) in [7, 11) is 1.31. The standard InChI is InChI=1S/C17H16N2O4/c1-22-16(20)13-7-8-15(18-10-13)19-14(11-23-17(19)21)9-12-5-3-2-4-6-12/h2-8,10,14H,9,11H2,1H3/t14-/m0/s1. The van der Waals surface area contributed by atoms with E-state index in [0.717, 1.165) is 5.56 Å². The Morgan fingerprint density at radius 2 is 2.09 bits per heavy atom. The van der Waals surface area contributed by atoms with Gasteiger partial charge in [-0.3, -0.25) is 4.90 Å². The van der Waals surface area contributed by atoms with Crippen molar-refractivity contribution < 1.29 is 19.1 Å². The van der Waals surface area contributed by atoms with Gasteiger partial charge < -0.3 is 9.47 Å². The number of amides is 1. The van der Waals surface area contributed by atoms with Crippen LogP contribution in [0.3, 0.4) is 0 Å². The zero-order valence-electron chi connectivity index (χ0n) is 12.6. The number of pyridine rings is 1. The number of carbonyl (C=O) groups is 2. The molecule has 1 aliphatic rings. The van der Waals surface area contributed by atoms with E-state index >= 15 is 0 Å². The average Bonchev–Trinajstić information content (AvgIpc) is 2.95. The van der Waals surface area contributed by atoms with Gasteiger partial charge in [-0.05, 0) is 24.1 Å². The number of methoxy groups -OCH3 is 1. The van der Waals surface area contributed by atoms with Crippen molar-refractivity contribution in [2.45, 2.75) is 12.5 Å². The van der Waals surface area contributed by atoms with E-state index in [4.69, 9.17) is 4.74 Å². The van der Waals surface area contributed by atoms with E-state index in [1.54, 1.807) is 12.1 Å². The van der Waals surface area contributed by atoms with Crippen LogP contribution in [0.2, 0.25) is 0 Å². The second-order valence-corrected chi connectivity index (χ2v) is 5.19. The maximum atomic E-state index is 12.0. The summed E-state index contributed by atoms with van der Waals surface area (Å²) in [5.74, 6) is -0.00466. The van der Waals surface area contributed by atoms with Crippen molar-refractivity contribution >= 4 is 17.9 Å². The molecule has 1 amide bonds. The van der Waals surface area contributed by atoms with E-state index in [1.165, 1.54) is 18.2 Å². The number of nitrogens with zero attached hydrogens (tertiary/aromatic N) is 2. The molecule has 1 aliphatic heterocycles. The average molecular weight is 312 g/mol. The largest absolute Gasteiger partial charge is 0.465 e. The highest BCUT2D eigenvalue weighted by Crippen LogP contribution is 2.23. The number of cyclic esters (lactones) is 1. The van der Waals surface area contributed by atoms with E-state index in [-0.39, 0.29) is 6.04 Å². The molecule has 1 fully saturated rings. The first-order valence-electron chi connectivity index (χ1n) is 7.23. The van der Waals surface area contributed by atoms with Crippen LogP contribution in [0.25, 0.3) is 0 Å². The van der Waals surface area contributed by atoms with Crippen molar-refractivity contribution in [3.05, 3.63) is 59.8 Å². The molecule has 0 spiro atoms. The van der Waals surface area contributed by atoms with Crippen molar-refractivity contribution in [1.82, 2.24) is 4.98 Å². The van der Waals surface area contributed by atoms with E-state index < -0.39 is 12.1 Å². The molecule has 0 aliphatic carbocycles. The summed E-state index contributed by atoms with van der Waals surface area (Å²) in [6.07, 6.45) is 1.64. The quantitative estimate of drug-likeness (QED) is 0.811. The lowest BCUT2D eigenvalue weighted by atomic mass is 10.1. The van der Waals surface area contributed by atoms with Gasteiger partial charge in [0.15, 0.2) is 0 Å². The van der Waals surface area contributed by atoms with Gasteiger partial charge in [-0.2, -0.15) is 0 Å². The fourth-order valence-corrected chi connectivity index (χ4v) is 2.54. The predicted molar refractivity (Wildman–Crippen MR) is 83.3 cm³/mol. The Morgan fingerprint density at radius 1 is 1.30 bits per heavy atom. The van der Waals surface area contributed by atoms with Crippen LogP contribution in [0.4, 0.5) is 10.6 Å². The lowest BCUT2D eigenvalue weighted by Gasteiger charge is -2.20. The van der Waals surface area contributed by atoms with E-state index in [9.17, 15) is 9.59 Å². The summed E-state index contributed by atoms with van der Waals surface area (Å²) in [6, 6.07) is 13.0. The van der Waals surface area contributed by atoms with Gasteiger partial charge in [0.25, 0.3) is 0 Å². The molecule has 0 radical (unpaired) electrons. The third kappa shape index (κ3) is 3.15. The third-order valence-corrected chi connectivity index (χ3v) is 3.69. The van der Waals surface area contributed by atoms with Gasteiger partial charge in [-0.15, -0.1) is 0 Å². The molecule has 118 valence electrons. The molecule has 1 aromatic carbocycles. The number of carbonyl (C=O) groups excluding carboxylic acids is 2. The minimum Gasteiger partial charge on any atom is -0.465 e. The van der Waals surface area contributed by atoms with Crippen LogP contribution in [0.15, 0.2) is 48.7 Å². The molecule has 2 aromatic rings. The smallest absolute Gasteiger partial charge is 0.415 e. The Balaban J connectivity index is 1.81. The molecule has 6 nitrogen and oxygen atoms in total. The Hall–Kier alpha value is -2.89. The fraction of sp³-hybridized carbons (Fsp3) is 0.235. The Labute approximate surface area is 133 Å². The van der Waals surface area contributed by atoms with Gasteiger partial charge >= 0.3 is 12.1 Å². The van der Waals surface area contributed by atoms with Crippen LogP contribution in [0.1, 0.15) is 15.9 Å². The Kier molecular flexibility index (Phi) is 4.23. The van der Waals surface area contributed by atoms with Crippen molar-refractivity contribution in [2.24, 2.45) is 0 Å². The summed E-state index contributed by atoms with van der Waals surface area (Å²) in [4.78, 5) is 29.2. The highest BCUT2D eigenvalue weighted by atomic mass is 16.6. The summed E-state index contributed by atoms with van der Waals surface area (Å²) in [6.45, 7) is 0.314. The van der Waals surface area contributed by atoms with Crippen molar-refractivity contribution in [3.63, 3.8) is 0 Å². The molecular weight excluding hydrogens is 296 g/mol. The van der Waals surface area contributed by atoms with E-state index in [1.807, 2.05) is 30.3 Å². The summed E-state index contributed by atoms with van der Waals surface area (Å²) in [5, 5.41) is 0. The Bertz CT molecular complexity index is 700. The van der Waals surface area contributed by atoms with Crippen LogP contribution >= 0.6 is 0 Å². The molecule has 3 rings (SSSR count). The number of benzene rings is 1. The van der Waals surface area contributed by atoms with Gasteiger partial charge in [-0.25, -0.2) is 14.6 Å². The molecule has 1 saturated heterocycles. The van der Waals surface area contributed by atoms with E-state index in [2.05, 4.69) is 9.72 Å². The van der Waals surface area contributed by atoms with Gasteiger partial charge in [0.2, 0.25) is 0 Å². The van der Waals surface area contributed by atoms with Crippen LogP contribution in [0, 0.1) is 0 Å². The fourth-order valence-electron chi connectivity index (χ4n) is 2.54. The van der Waals surface area contributed by atoms with Crippen molar-refractivity contribution in [1.29, 1.82) is 0 Å². The highest BCUT2D eigenvalue weighted by Gasteiger charge is 2.35. The van der Waals surface area contributed by atoms with Crippen LogP contribution in [0.5, 0.6) is 0 Å². The number of hydrogen-bond donors (Lipinski definition) is 0. The van der Waals surface area contributed by atoms with Crippen LogP contribution in [-0.2, 0) is 15.9 Å². The first-order valence-corrected chi connectivity index (χ1v) is 7.23. The zero-order chi connectivity index (χ0) is 16.2. The number of ether oxygens (including phenoxy) is 2. The lowest BCUT2D eigenvalue weighted by Crippen LogP contribution is -2.35. The zero-order valence-corrected chi connectivity index (χ0v) is 12.6. The SMILES string of the molecule is COC(=O)c1ccc(N2C(=O)OC[C@@H]2Cc2ccccc2)nc1. The molecule has 2 heterocycles. The normalized spacial score (nSPS) is 17.0. The highest BCUT2D eigenvalue weighted by molar-refractivity contribution is 5.91. The number of hydrogen-bond acceptors (Lipinski definition) is 5. The predicted octanol–water partition coefficient (Wildman–Crippen LogP) is 2.44. The minimum absolute atomic E-state index is 0.124. The molecule has 0 saturated carbocycles. The molecule has 1 aromatic heterocycles. The van der Waals surface area contributed by atoms with Crippen LogP contribution < -0.4 is 4.90 Å². The maximum Gasteiger partial charge on any atom is 0.415 e. The van der Waals surface area contributed by atoms with Crippen molar-refractivity contribution in [3.8, 4) is 0 Å². The first kappa shape index (κ1) is 15.0. The molecule has 0 unspecified atom stereocenters. The minimum atomic E-state index is -0.464. The van der Waals surface area contributed by atoms with Gasteiger partial charge in [0.05, 0.1) is 18.7 Å². The van der Waals surface area contributed by atoms with Gasteiger partial charge in [0.1, 0.15) is 12.4 Å². The third-order valence-electron chi connectivity index (χ3n) is 3.69. The Morgan fingerprint density at radius 3 is 2.74 bits per heavy atom. The number of aromatic nitrogens is 1. The monoisotopic (exact) mass is 312 g/mol. The van der Waals surface area contributed by atoms with Gasteiger partial charge in [-0.1, -0.05) is 30.3 Å². The van der Waals surface area contributed by atoms with E-state index in [0.29, 0.717) is 24.4 Å². The first-order chi connectivity index (χ1) is 11.2. The van der Waals surface area contributed by atoms with Gasteiger partial charge in [0, 0.05) is 6.20 Å². The van der Waals surface area contributed by atoms with Crippen LogP contribution in [-0.4, -0.2) is 36.8 Å². The summed E-state index contributed by atoms with van der Waals surface area (Å²) >= 11 is 0. The second-order valence-electron chi connectivity index (χ2n) is 5.19. The van der Waals surface area contributed by atoms with Crippen molar-refractivity contribution in [2.75, 3.05) is 18.6 Å². The number of esters is 1. The molecule has 1 atom stereocenters. The molecule has 6 heteroatoms. The second kappa shape index (κ2) is 6.48. The number of rotatable bonds is 4. The lowest BCUT2D eigenvalue weighted by molar-refractivity contribution is 0.0600. The molecule has 23 heavy (non-hydrogen) atoms. The molecule has 0 bridgehead atoms.